The lowest BCUT2D eigenvalue weighted by Crippen LogP contribution is -2.08. The summed E-state index contributed by atoms with van der Waals surface area (Å²) in [6, 6.07) is 5.91. The SMILES string of the molecule is CCCn1c(-c2ccccc2[N+](=O)[O-])nnc1S(=O)(=O)Cl. The molecule has 0 bridgehead atoms. The van der Waals surface area contributed by atoms with E-state index < -0.39 is 19.1 Å². The second-order valence-corrected chi connectivity index (χ2v) is 6.63. The van der Waals surface area contributed by atoms with Crippen LogP contribution in [-0.4, -0.2) is 28.1 Å². The first-order valence-corrected chi connectivity index (χ1v) is 8.28. The van der Waals surface area contributed by atoms with E-state index in [1.807, 2.05) is 6.92 Å². The molecular formula is C11H11ClN4O4S. The molecule has 1 aromatic carbocycles. The van der Waals surface area contributed by atoms with Crippen LogP contribution in [-0.2, 0) is 15.6 Å². The Morgan fingerprint density at radius 3 is 2.57 bits per heavy atom. The summed E-state index contributed by atoms with van der Waals surface area (Å²) >= 11 is 0. The number of benzene rings is 1. The number of rotatable bonds is 5. The van der Waals surface area contributed by atoms with Crippen molar-refractivity contribution in [3.8, 4) is 11.4 Å². The first-order valence-electron chi connectivity index (χ1n) is 5.98. The average molecular weight is 331 g/mol. The topological polar surface area (TPSA) is 108 Å². The van der Waals surface area contributed by atoms with Gasteiger partial charge in [0.15, 0.2) is 5.82 Å². The third-order valence-electron chi connectivity index (χ3n) is 2.72. The number of nitrogens with zero attached hydrogens (tertiary/aromatic N) is 4. The van der Waals surface area contributed by atoms with Crippen molar-refractivity contribution in [3.05, 3.63) is 34.4 Å². The molecule has 0 amide bonds. The number of nitro groups is 1. The highest BCUT2D eigenvalue weighted by Crippen LogP contribution is 2.30. The molecule has 8 nitrogen and oxygen atoms in total. The standard InChI is InChI=1S/C11H11ClN4O4S/c1-2-7-15-10(13-14-11(15)21(12,19)20)8-5-3-4-6-9(8)16(17)18/h3-6H,2,7H2,1H3. The van der Waals surface area contributed by atoms with E-state index in [1.54, 1.807) is 6.07 Å². The van der Waals surface area contributed by atoms with Gasteiger partial charge in [0.1, 0.15) is 0 Å². The van der Waals surface area contributed by atoms with E-state index in [0.717, 1.165) is 0 Å². The predicted molar refractivity (Wildman–Crippen MR) is 75.4 cm³/mol. The van der Waals surface area contributed by atoms with E-state index in [2.05, 4.69) is 10.2 Å². The number of aromatic nitrogens is 3. The molecule has 0 spiro atoms. The lowest BCUT2D eigenvalue weighted by atomic mass is 10.1. The molecule has 0 N–H and O–H groups in total. The van der Waals surface area contributed by atoms with Gasteiger partial charge < -0.3 is 0 Å². The monoisotopic (exact) mass is 330 g/mol. The van der Waals surface area contributed by atoms with Crippen molar-refractivity contribution >= 4 is 25.4 Å². The van der Waals surface area contributed by atoms with Gasteiger partial charge >= 0.3 is 0 Å². The van der Waals surface area contributed by atoms with Gasteiger partial charge in [-0.15, -0.1) is 10.2 Å². The quantitative estimate of drug-likeness (QED) is 0.472. The Bertz CT molecular complexity index is 787. The fraction of sp³-hybridized carbons (Fsp3) is 0.273. The van der Waals surface area contributed by atoms with Gasteiger partial charge in [0.25, 0.3) is 19.9 Å². The fourth-order valence-electron chi connectivity index (χ4n) is 1.92. The summed E-state index contributed by atoms with van der Waals surface area (Å²) in [4.78, 5) is 10.5. The summed E-state index contributed by atoms with van der Waals surface area (Å²) in [5, 5.41) is 18.0. The normalized spacial score (nSPS) is 11.5. The van der Waals surface area contributed by atoms with Crippen molar-refractivity contribution in [1.29, 1.82) is 0 Å². The van der Waals surface area contributed by atoms with E-state index >= 15 is 0 Å². The van der Waals surface area contributed by atoms with Crippen LogP contribution >= 0.6 is 10.7 Å². The van der Waals surface area contributed by atoms with Crippen LogP contribution in [0.15, 0.2) is 29.4 Å². The van der Waals surface area contributed by atoms with E-state index in [1.165, 1.54) is 22.8 Å². The molecule has 2 rings (SSSR count). The van der Waals surface area contributed by atoms with E-state index in [4.69, 9.17) is 10.7 Å². The van der Waals surface area contributed by atoms with Crippen LogP contribution in [0.1, 0.15) is 13.3 Å². The molecule has 0 saturated carbocycles. The lowest BCUT2D eigenvalue weighted by Gasteiger charge is -2.07. The van der Waals surface area contributed by atoms with Crippen molar-refractivity contribution < 1.29 is 13.3 Å². The Labute approximate surface area is 124 Å². The smallest absolute Gasteiger partial charge is 0.296 e. The molecular weight excluding hydrogens is 320 g/mol. The Morgan fingerprint density at radius 1 is 1.33 bits per heavy atom. The molecule has 21 heavy (non-hydrogen) atoms. The van der Waals surface area contributed by atoms with E-state index in [9.17, 15) is 18.5 Å². The third-order valence-corrected chi connectivity index (χ3v) is 3.88. The van der Waals surface area contributed by atoms with Gasteiger partial charge in [0, 0.05) is 23.3 Å². The van der Waals surface area contributed by atoms with Crippen molar-refractivity contribution in [2.75, 3.05) is 0 Å². The minimum absolute atomic E-state index is 0.100. The maximum absolute atomic E-state index is 11.5. The van der Waals surface area contributed by atoms with Crippen LogP contribution in [0.3, 0.4) is 0 Å². The molecule has 0 fully saturated rings. The summed E-state index contributed by atoms with van der Waals surface area (Å²) in [7, 11) is 1.23. The highest BCUT2D eigenvalue weighted by molar-refractivity contribution is 8.13. The second kappa shape index (κ2) is 5.78. The van der Waals surface area contributed by atoms with Crippen LogP contribution in [0.2, 0.25) is 0 Å². The number of hydrogen-bond donors (Lipinski definition) is 0. The van der Waals surface area contributed by atoms with Crippen molar-refractivity contribution in [3.63, 3.8) is 0 Å². The van der Waals surface area contributed by atoms with Gasteiger partial charge in [0.2, 0.25) is 0 Å². The van der Waals surface area contributed by atoms with Gasteiger partial charge in [-0.3, -0.25) is 14.7 Å². The number of para-hydroxylation sites is 1. The molecule has 112 valence electrons. The third kappa shape index (κ3) is 3.03. The lowest BCUT2D eigenvalue weighted by molar-refractivity contribution is -0.384. The molecule has 1 heterocycles. The van der Waals surface area contributed by atoms with E-state index in [0.29, 0.717) is 6.42 Å². The maximum Gasteiger partial charge on any atom is 0.296 e. The van der Waals surface area contributed by atoms with Crippen LogP contribution in [0.25, 0.3) is 11.4 Å². The molecule has 0 atom stereocenters. The Hall–Kier alpha value is -2.00. The summed E-state index contributed by atoms with van der Waals surface area (Å²) in [5.74, 6) is 0.100. The van der Waals surface area contributed by atoms with Crippen LogP contribution < -0.4 is 0 Å². The highest BCUT2D eigenvalue weighted by atomic mass is 35.7. The average Bonchev–Trinajstić information content (AvgIpc) is 2.82. The van der Waals surface area contributed by atoms with E-state index in [-0.39, 0.29) is 23.6 Å². The van der Waals surface area contributed by atoms with Gasteiger partial charge in [-0.05, 0) is 12.5 Å². The van der Waals surface area contributed by atoms with Crippen LogP contribution in [0.5, 0.6) is 0 Å². The van der Waals surface area contributed by atoms with Crippen molar-refractivity contribution in [2.24, 2.45) is 0 Å². The molecule has 0 aliphatic carbocycles. The molecule has 0 aliphatic heterocycles. The summed E-state index contributed by atoms with van der Waals surface area (Å²) in [6.07, 6.45) is 0.588. The van der Waals surface area contributed by atoms with Crippen molar-refractivity contribution in [1.82, 2.24) is 14.8 Å². The van der Waals surface area contributed by atoms with Crippen LogP contribution in [0, 0.1) is 10.1 Å². The summed E-state index contributed by atoms with van der Waals surface area (Å²) < 4.78 is 24.3. The van der Waals surface area contributed by atoms with Gasteiger partial charge in [-0.1, -0.05) is 19.1 Å². The van der Waals surface area contributed by atoms with Crippen molar-refractivity contribution in [2.45, 2.75) is 25.0 Å². The van der Waals surface area contributed by atoms with Gasteiger partial charge in [-0.2, -0.15) is 0 Å². The molecule has 0 aliphatic rings. The minimum Gasteiger partial charge on any atom is -0.297 e. The van der Waals surface area contributed by atoms with Gasteiger partial charge in [0.05, 0.1) is 10.5 Å². The molecule has 10 heteroatoms. The number of halogens is 1. The Balaban J connectivity index is 2.71. The van der Waals surface area contributed by atoms with Gasteiger partial charge in [-0.25, -0.2) is 8.42 Å². The zero-order chi connectivity index (χ0) is 15.6. The summed E-state index contributed by atoms with van der Waals surface area (Å²) in [6.45, 7) is 2.10. The maximum atomic E-state index is 11.5. The Morgan fingerprint density at radius 2 is 2.00 bits per heavy atom. The zero-order valence-electron chi connectivity index (χ0n) is 10.9. The van der Waals surface area contributed by atoms with Crippen LogP contribution in [0.4, 0.5) is 5.69 Å². The predicted octanol–water partition coefficient (Wildman–Crippen LogP) is 2.19. The Kier molecular flexibility index (Phi) is 4.24. The fourth-order valence-corrected chi connectivity index (χ4v) is 2.84. The number of hydrogen-bond acceptors (Lipinski definition) is 6. The zero-order valence-corrected chi connectivity index (χ0v) is 12.5. The summed E-state index contributed by atoms with van der Waals surface area (Å²) in [5.41, 5.74) is 0.00999. The number of nitro benzene ring substituents is 1. The minimum atomic E-state index is -4.08. The second-order valence-electron chi connectivity index (χ2n) is 4.17. The molecule has 2 aromatic rings. The first-order chi connectivity index (χ1) is 9.86. The first kappa shape index (κ1) is 15.4. The molecule has 0 saturated heterocycles. The molecule has 0 unspecified atom stereocenters. The largest absolute Gasteiger partial charge is 0.297 e. The highest BCUT2D eigenvalue weighted by Gasteiger charge is 2.26. The molecule has 1 aromatic heterocycles. The molecule has 0 radical (unpaired) electrons.